The largest absolute Gasteiger partial charge is 0.493 e. The first-order chi connectivity index (χ1) is 22.4. The molecule has 250 valence electrons. The molecular weight excluding hydrogens is 628 g/mol. The van der Waals surface area contributed by atoms with Crippen LogP contribution in [0.25, 0.3) is 22.3 Å². The quantitative estimate of drug-likeness (QED) is 0.0854. The minimum atomic E-state index is -4.17. The van der Waals surface area contributed by atoms with Gasteiger partial charge in [-0.25, -0.2) is 26.3 Å². The molecule has 0 unspecified atom stereocenters. The van der Waals surface area contributed by atoms with Crippen LogP contribution in [0.5, 0.6) is 11.5 Å². The van der Waals surface area contributed by atoms with Gasteiger partial charge in [0, 0.05) is 23.3 Å². The molecule has 4 aromatic carbocycles. The summed E-state index contributed by atoms with van der Waals surface area (Å²) < 4.78 is 126. The Bertz CT molecular complexity index is 1680. The molecule has 2 nitrogen and oxygen atoms in total. The molecule has 0 spiro atoms. The Kier molecular flexibility index (Phi) is 10.8. The first-order valence-electron chi connectivity index (χ1n) is 15.7. The van der Waals surface area contributed by atoms with Gasteiger partial charge >= 0.3 is 6.11 Å². The highest BCUT2D eigenvalue weighted by Crippen LogP contribution is 2.38. The number of ether oxygens (including phenoxy) is 2. The lowest BCUT2D eigenvalue weighted by Gasteiger charge is -2.28. The van der Waals surface area contributed by atoms with Crippen molar-refractivity contribution in [2.45, 2.75) is 64.4 Å². The van der Waals surface area contributed by atoms with Gasteiger partial charge in [0.2, 0.25) is 0 Å². The summed E-state index contributed by atoms with van der Waals surface area (Å²) >= 11 is 0. The lowest BCUT2D eigenvalue weighted by atomic mass is 9.80. The molecule has 10 heteroatoms. The number of hydrogen-bond donors (Lipinski definition) is 0. The molecular formula is C37H34F8O2. The van der Waals surface area contributed by atoms with Crippen molar-refractivity contribution in [2.75, 3.05) is 6.61 Å². The zero-order valence-electron chi connectivity index (χ0n) is 25.7. The summed E-state index contributed by atoms with van der Waals surface area (Å²) in [6, 6.07) is 10.2. The molecule has 0 atom stereocenters. The van der Waals surface area contributed by atoms with Gasteiger partial charge in [-0.05, 0) is 78.3 Å². The van der Waals surface area contributed by atoms with Crippen LogP contribution in [-0.2, 0) is 6.11 Å². The minimum absolute atomic E-state index is 0.0215. The van der Waals surface area contributed by atoms with Crippen LogP contribution in [0.1, 0.15) is 63.9 Å². The normalized spacial score (nSPS) is 16.7. The Morgan fingerprint density at radius 2 is 1.19 bits per heavy atom. The third-order valence-electron chi connectivity index (χ3n) is 8.68. The molecule has 0 saturated heterocycles. The van der Waals surface area contributed by atoms with Crippen molar-refractivity contribution in [2.24, 2.45) is 11.8 Å². The average molecular weight is 663 g/mol. The maximum atomic E-state index is 15.0. The van der Waals surface area contributed by atoms with E-state index in [-0.39, 0.29) is 28.0 Å². The van der Waals surface area contributed by atoms with E-state index < -0.39 is 52.3 Å². The van der Waals surface area contributed by atoms with Gasteiger partial charge in [0.05, 0.1) is 6.61 Å². The molecule has 0 amide bonds. The number of hydrogen-bond acceptors (Lipinski definition) is 2. The van der Waals surface area contributed by atoms with Crippen LogP contribution in [0.15, 0.2) is 66.7 Å². The molecule has 0 bridgehead atoms. The predicted octanol–water partition coefficient (Wildman–Crippen LogP) is 11.7. The second-order valence-electron chi connectivity index (χ2n) is 12.0. The molecule has 4 aromatic rings. The molecule has 47 heavy (non-hydrogen) atoms. The van der Waals surface area contributed by atoms with Gasteiger partial charge in [-0.1, -0.05) is 57.6 Å². The predicted molar refractivity (Wildman–Crippen MR) is 163 cm³/mol. The SMILES string of the molecule is CCCCCC1CCC(COc2ccc(C(F)(F)Oc3ccc(-c4ccc(-c5cc(F)c(F)c(F)c5)c(F)c4)c(F)c3)c(F)c2)CC1. The van der Waals surface area contributed by atoms with Gasteiger partial charge in [-0.2, -0.15) is 8.78 Å². The second kappa shape index (κ2) is 14.8. The Morgan fingerprint density at radius 1 is 0.617 bits per heavy atom. The molecule has 0 aromatic heterocycles. The van der Waals surface area contributed by atoms with Crippen LogP contribution in [0.4, 0.5) is 35.1 Å². The lowest BCUT2D eigenvalue weighted by molar-refractivity contribution is -0.187. The van der Waals surface area contributed by atoms with Crippen molar-refractivity contribution >= 4 is 0 Å². The van der Waals surface area contributed by atoms with Crippen LogP contribution < -0.4 is 9.47 Å². The zero-order chi connectivity index (χ0) is 33.7. The Morgan fingerprint density at radius 3 is 1.83 bits per heavy atom. The van der Waals surface area contributed by atoms with Crippen molar-refractivity contribution in [3.63, 3.8) is 0 Å². The number of alkyl halides is 2. The van der Waals surface area contributed by atoms with Crippen LogP contribution >= 0.6 is 0 Å². The number of benzene rings is 4. The summed E-state index contributed by atoms with van der Waals surface area (Å²) in [4.78, 5) is 0. The van der Waals surface area contributed by atoms with Gasteiger partial charge in [0.1, 0.15) is 34.5 Å². The monoisotopic (exact) mass is 662 g/mol. The molecule has 0 heterocycles. The van der Waals surface area contributed by atoms with E-state index in [0.29, 0.717) is 30.7 Å². The Balaban J connectivity index is 1.21. The standard InChI is InChI=1S/C37H34F8O2/c1-2-3-4-5-22-6-8-23(9-7-22)21-46-26-12-15-30(33(40)19-26)37(44,45)47-27-11-14-28(32(39)20-27)24-10-13-29(31(38)16-24)25-17-34(41)36(43)35(42)18-25/h10-20,22-23H,2-9,21H2,1H3. The van der Waals surface area contributed by atoms with Gasteiger partial charge in [0.15, 0.2) is 17.5 Å². The van der Waals surface area contributed by atoms with Crippen LogP contribution in [0, 0.1) is 46.7 Å². The summed E-state index contributed by atoms with van der Waals surface area (Å²) in [5.41, 5.74) is -1.83. The summed E-state index contributed by atoms with van der Waals surface area (Å²) in [6.45, 7) is 2.55. The third kappa shape index (κ3) is 8.26. The smallest absolute Gasteiger partial charge is 0.429 e. The van der Waals surface area contributed by atoms with Gasteiger partial charge in [0.25, 0.3) is 0 Å². The molecule has 1 aliphatic rings. The van der Waals surface area contributed by atoms with E-state index in [4.69, 9.17) is 4.74 Å². The second-order valence-corrected chi connectivity index (χ2v) is 12.0. The number of rotatable bonds is 12. The maximum Gasteiger partial charge on any atom is 0.429 e. The van der Waals surface area contributed by atoms with Crippen molar-refractivity contribution in [1.82, 2.24) is 0 Å². The first kappa shape index (κ1) is 34.3. The van der Waals surface area contributed by atoms with E-state index in [0.717, 1.165) is 68.0 Å². The van der Waals surface area contributed by atoms with E-state index in [9.17, 15) is 22.0 Å². The molecule has 1 saturated carbocycles. The highest BCUT2D eigenvalue weighted by Gasteiger charge is 2.38. The van der Waals surface area contributed by atoms with Crippen LogP contribution in [0.2, 0.25) is 0 Å². The third-order valence-corrected chi connectivity index (χ3v) is 8.68. The lowest BCUT2D eigenvalue weighted by Crippen LogP contribution is -2.24. The van der Waals surface area contributed by atoms with Gasteiger partial charge in [-0.3, -0.25) is 0 Å². The fourth-order valence-electron chi connectivity index (χ4n) is 6.03. The number of halogens is 8. The van der Waals surface area contributed by atoms with E-state index >= 15 is 13.2 Å². The molecule has 0 N–H and O–H groups in total. The number of unbranched alkanes of at least 4 members (excludes halogenated alkanes) is 2. The molecule has 5 rings (SSSR count). The topological polar surface area (TPSA) is 18.5 Å². The fourth-order valence-corrected chi connectivity index (χ4v) is 6.03. The van der Waals surface area contributed by atoms with Crippen LogP contribution in [-0.4, -0.2) is 6.61 Å². The van der Waals surface area contributed by atoms with E-state index in [1.807, 2.05) is 0 Å². The first-order valence-corrected chi connectivity index (χ1v) is 15.7. The van der Waals surface area contributed by atoms with Crippen molar-refractivity contribution < 1.29 is 44.6 Å². The Labute approximate surface area is 268 Å². The van der Waals surface area contributed by atoms with E-state index in [2.05, 4.69) is 11.7 Å². The highest BCUT2D eigenvalue weighted by atomic mass is 19.3. The summed E-state index contributed by atoms with van der Waals surface area (Å²) in [6.07, 6.45) is 5.03. The maximum absolute atomic E-state index is 15.0. The fraction of sp³-hybridized carbons (Fsp3) is 0.351. The minimum Gasteiger partial charge on any atom is -0.493 e. The van der Waals surface area contributed by atoms with Crippen molar-refractivity contribution in [1.29, 1.82) is 0 Å². The molecule has 1 fully saturated rings. The molecule has 0 radical (unpaired) electrons. The van der Waals surface area contributed by atoms with Crippen LogP contribution in [0.3, 0.4) is 0 Å². The Hall–Kier alpha value is -4.08. The zero-order valence-corrected chi connectivity index (χ0v) is 25.7. The molecule has 0 aliphatic heterocycles. The van der Waals surface area contributed by atoms with Gasteiger partial charge in [-0.15, -0.1) is 0 Å². The summed E-state index contributed by atoms with van der Waals surface area (Å²) in [5.74, 6) is -7.46. The molecule has 1 aliphatic carbocycles. The highest BCUT2D eigenvalue weighted by molar-refractivity contribution is 5.72. The van der Waals surface area contributed by atoms with Crippen molar-refractivity contribution in [3.05, 3.63) is 107 Å². The van der Waals surface area contributed by atoms with Crippen molar-refractivity contribution in [3.8, 4) is 33.8 Å². The van der Waals surface area contributed by atoms with Gasteiger partial charge < -0.3 is 9.47 Å². The van der Waals surface area contributed by atoms with E-state index in [1.54, 1.807) is 0 Å². The average Bonchev–Trinajstić information content (AvgIpc) is 3.03. The van der Waals surface area contributed by atoms with E-state index in [1.165, 1.54) is 37.8 Å². The summed E-state index contributed by atoms with van der Waals surface area (Å²) in [7, 11) is 0. The summed E-state index contributed by atoms with van der Waals surface area (Å²) in [5, 5.41) is 0.